The van der Waals surface area contributed by atoms with Crippen LogP contribution in [0.1, 0.15) is 22.8 Å². The van der Waals surface area contributed by atoms with Crippen LogP contribution in [-0.4, -0.2) is 12.5 Å². The maximum atomic E-state index is 12.1. The van der Waals surface area contributed by atoms with Gasteiger partial charge in [0.1, 0.15) is 5.75 Å². The van der Waals surface area contributed by atoms with Gasteiger partial charge in [0.15, 0.2) is 0 Å². The minimum absolute atomic E-state index is 0.147. The summed E-state index contributed by atoms with van der Waals surface area (Å²) in [6.45, 7) is 2.88. The fourth-order valence-electron chi connectivity index (χ4n) is 1.81. The highest BCUT2D eigenvalue weighted by Crippen LogP contribution is 2.16. The van der Waals surface area contributed by atoms with Crippen LogP contribution in [-0.2, 0) is 6.54 Å². The Bertz CT molecular complexity index is 599. The van der Waals surface area contributed by atoms with Crippen LogP contribution in [0.2, 0.25) is 5.02 Å². The summed E-state index contributed by atoms with van der Waals surface area (Å²) in [4.78, 5) is 12.1. The molecule has 0 saturated carbocycles. The van der Waals surface area contributed by atoms with Gasteiger partial charge in [0.05, 0.1) is 6.61 Å². The van der Waals surface area contributed by atoms with Crippen LogP contribution in [0.3, 0.4) is 0 Å². The molecule has 0 unspecified atom stereocenters. The number of halogens is 1. The molecule has 0 aliphatic carbocycles. The van der Waals surface area contributed by atoms with Gasteiger partial charge in [-0.3, -0.25) is 4.79 Å². The third-order valence-electron chi connectivity index (χ3n) is 2.80. The van der Waals surface area contributed by atoms with Crippen molar-refractivity contribution in [2.75, 3.05) is 6.61 Å². The van der Waals surface area contributed by atoms with Crippen LogP contribution in [0.5, 0.6) is 5.75 Å². The monoisotopic (exact) mass is 289 g/mol. The standard InChI is InChI=1S/C16H16ClNO2/c1-2-20-14-8-5-7-12(10-14)16(19)18-11-13-6-3-4-9-15(13)17/h3-10H,2,11H2,1H3,(H,18,19). The van der Waals surface area contributed by atoms with Gasteiger partial charge in [0.25, 0.3) is 5.91 Å². The number of carbonyl (C=O) groups is 1. The third-order valence-corrected chi connectivity index (χ3v) is 3.17. The molecule has 2 aromatic rings. The Morgan fingerprint density at radius 2 is 2.00 bits per heavy atom. The van der Waals surface area contributed by atoms with Gasteiger partial charge in [-0.1, -0.05) is 35.9 Å². The van der Waals surface area contributed by atoms with E-state index in [0.29, 0.717) is 29.5 Å². The topological polar surface area (TPSA) is 38.3 Å². The predicted molar refractivity (Wildman–Crippen MR) is 80.2 cm³/mol. The molecule has 4 heteroatoms. The Balaban J connectivity index is 2.01. The molecule has 1 N–H and O–H groups in total. The van der Waals surface area contributed by atoms with E-state index < -0.39 is 0 Å². The van der Waals surface area contributed by atoms with Crippen molar-refractivity contribution in [2.45, 2.75) is 13.5 Å². The highest BCUT2D eigenvalue weighted by molar-refractivity contribution is 6.31. The Labute approximate surface area is 123 Å². The normalized spacial score (nSPS) is 10.1. The van der Waals surface area contributed by atoms with Gasteiger partial charge >= 0.3 is 0 Å². The number of nitrogens with one attached hydrogen (secondary N) is 1. The lowest BCUT2D eigenvalue weighted by molar-refractivity contribution is 0.0950. The third kappa shape index (κ3) is 3.75. The van der Waals surface area contributed by atoms with Crippen LogP contribution in [0.4, 0.5) is 0 Å². The van der Waals surface area contributed by atoms with Gasteiger partial charge in [-0.2, -0.15) is 0 Å². The maximum absolute atomic E-state index is 12.1. The van der Waals surface area contributed by atoms with Crippen LogP contribution < -0.4 is 10.1 Å². The minimum atomic E-state index is -0.147. The number of rotatable bonds is 5. The average Bonchev–Trinajstić information content (AvgIpc) is 2.47. The molecule has 1 amide bonds. The van der Waals surface area contributed by atoms with Gasteiger partial charge in [0.2, 0.25) is 0 Å². The van der Waals surface area contributed by atoms with Crippen molar-refractivity contribution in [1.29, 1.82) is 0 Å². The van der Waals surface area contributed by atoms with E-state index in [4.69, 9.17) is 16.3 Å². The number of amides is 1. The Kier molecular flexibility index (Phi) is 5.02. The molecule has 20 heavy (non-hydrogen) atoms. The smallest absolute Gasteiger partial charge is 0.251 e. The van der Waals surface area contributed by atoms with Gasteiger partial charge in [-0.05, 0) is 36.8 Å². The van der Waals surface area contributed by atoms with Crippen molar-refractivity contribution in [3.05, 3.63) is 64.7 Å². The second-order valence-corrected chi connectivity index (χ2v) is 4.64. The van der Waals surface area contributed by atoms with Crippen molar-refractivity contribution in [3.8, 4) is 5.75 Å². The van der Waals surface area contributed by atoms with Gasteiger partial charge < -0.3 is 10.1 Å². The fourth-order valence-corrected chi connectivity index (χ4v) is 2.02. The molecule has 3 nitrogen and oxygen atoms in total. The number of hydrogen-bond acceptors (Lipinski definition) is 2. The number of hydrogen-bond donors (Lipinski definition) is 1. The zero-order valence-electron chi connectivity index (χ0n) is 11.2. The Morgan fingerprint density at radius 1 is 1.20 bits per heavy atom. The van der Waals surface area contributed by atoms with Gasteiger partial charge in [0, 0.05) is 17.1 Å². The zero-order valence-corrected chi connectivity index (χ0v) is 12.0. The summed E-state index contributed by atoms with van der Waals surface area (Å²) in [6.07, 6.45) is 0. The van der Waals surface area contributed by atoms with Gasteiger partial charge in [-0.25, -0.2) is 0 Å². The van der Waals surface area contributed by atoms with Crippen molar-refractivity contribution in [2.24, 2.45) is 0 Å². The molecule has 0 atom stereocenters. The summed E-state index contributed by atoms with van der Waals surface area (Å²) in [5, 5.41) is 3.50. The summed E-state index contributed by atoms with van der Waals surface area (Å²) in [5.74, 6) is 0.546. The SMILES string of the molecule is CCOc1cccc(C(=O)NCc2ccccc2Cl)c1. The molecule has 0 aliphatic heterocycles. The van der Waals surface area contributed by atoms with E-state index >= 15 is 0 Å². The summed E-state index contributed by atoms with van der Waals surface area (Å²) >= 11 is 6.05. The Morgan fingerprint density at radius 3 is 2.75 bits per heavy atom. The highest BCUT2D eigenvalue weighted by Gasteiger charge is 2.07. The molecular formula is C16H16ClNO2. The molecule has 0 saturated heterocycles. The first-order chi connectivity index (χ1) is 9.70. The van der Waals surface area contributed by atoms with Crippen molar-refractivity contribution in [3.63, 3.8) is 0 Å². The zero-order chi connectivity index (χ0) is 14.4. The van der Waals surface area contributed by atoms with E-state index in [-0.39, 0.29) is 5.91 Å². The fraction of sp³-hybridized carbons (Fsp3) is 0.188. The van der Waals surface area contributed by atoms with Crippen molar-refractivity contribution >= 4 is 17.5 Å². The maximum Gasteiger partial charge on any atom is 0.251 e. The van der Waals surface area contributed by atoms with Crippen LogP contribution in [0, 0.1) is 0 Å². The summed E-state index contributed by atoms with van der Waals surface area (Å²) < 4.78 is 5.38. The second kappa shape index (κ2) is 6.96. The van der Waals surface area contributed by atoms with Crippen LogP contribution in [0.15, 0.2) is 48.5 Å². The molecule has 0 aliphatic rings. The first-order valence-electron chi connectivity index (χ1n) is 6.45. The predicted octanol–water partition coefficient (Wildman–Crippen LogP) is 3.67. The first-order valence-corrected chi connectivity index (χ1v) is 6.83. The number of ether oxygens (including phenoxy) is 1. The lowest BCUT2D eigenvalue weighted by Gasteiger charge is -2.08. The number of benzene rings is 2. The average molecular weight is 290 g/mol. The first kappa shape index (κ1) is 14.4. The molecule has 2 aromatic carbocycles. The largest absolute Gasteiger partial charge is 0.494 e. The highest BCUT2D eigenvalue weighted by atomic mass is 35.5. The summed E-state index contributed by atoms with van der Waals surface area (Å²) in [5.41, 5.74) is 1.46. The van der Waals surface area contributed by atoms with Gasteiger partial charge in [-0.15, -0.1) is 0 Å². The summed E-state index contributed by atoms with van der Waals surface area (Å²) in [7, 11) is 0. The second-order valence-electron chi connectivity index (χ2n) is 4.23. The van der Waals surface area contributed by atoms with Crippen molar-refractivity contribution in [1.82, 2.24) is 5.32 Å². The van der Waals surface area contributed by atoms with E-state index in [9.17, 15) is 4.79 Å². The molecule has 0 spiro atoms. The van der Waals surface area contributed by atoms with Crippen LogP contribution in [0.25, 0.3) is 0 Å². The lowest BCUT2D eigenvalue weighted by Crippen LogP contribution is -2.22. The Hall–Kier alpha value is -2.00. The van der Waals surface area contributed by atoms with Crippen LogP contribution >= 0.6 is 11.6 Å². The molecule has 0 aromatic heterocycles. The van der Waals surface area contributed by atoms with E-state index in [0.717, 1.165) is 5.56 Å². The minimum Gasteiger partial charge on any atom is -0.494 e. The molecule has 0 radical (unpaired) electrons. The molecular weight excluding hydrogens is 274 g/mol. The summed E-state index contributed by atoms with van der Waals surface area (Å²) in [6, 6.07) is 14.6. The quantitative estimate of drug-likeness (QED) is 0.912. The van der Waals surface area contributed by atoms with E-state index in [1.807, 2.05) is 31.2 Å². The number of carbonyl (C=O) groups excluding carboxylic acids is 1. The van der Waals surface area contributed by atoms with E-state index in [1.165, 1.54) is 0 Å². The molecule has 0 fully saturated rings. The van der Waals surface area contributed by atoms with E-state index in [1.54, 1.807) is 24.3 Å². The molecule has 104 valence electrons. The molecule has 0 bridgehead atoms. The molecule has 0 heterocycles. The molecule has 2 rings (SSSR count). The van der Waals surface area contributed by atoms with Crippen molar-refractivity contribution < 1.29 is 9.53 Å². The lowest BCUT2D eigenvalue weighted by atomic mass is 10.2. The van der Waals surface area contributed by atoms with E-state index in [2.05, 4.69) is 5.32 Å².